The summed E-state index contributed by atoms with van der Waals surface area (Å²) in [6, 6.07) is 75.8. The molecule has 0 bridgehead atoms. The summed E-state index contributed by atoms with van der Waals surface area (Å²) in [5.74, 6) is 0. The molecule has 0 aliphatic carbocycles. The van der Waals surface area contributed by atoms with Crippen LogP contribution in [0.4, 0.5) is 17.1 Å². The maximum Gasteiger partial charge on any atom is 0.145 e. The average molecular weight is 690 g/mol. The predicted molar refractivity (Wildman–Crippen MR) is 228 cm³/mol. The zero-order valence-corrected chi connectivity index (χ0v) is 29.6. The van der Waals surface area contributed by atoms with Gasteiger partial charge in [-0.25, -0.2) is 0 Å². The fraction of sp³-hybridized carbons (Fsp3) is 0. The monoisotopic (exact) mass is 689 g/mol. The van der Waals surface area contributed by atoms with Gasteiger partial charge in [-0.3, -0.25) is 0 Å². The Bertz CT molecular complexity index is 2920. The normalized spacial score (nSPS) is 11.3. The number of hydrogen-bond donors (Lipinski definition) is 0. The van der Waals surface area contributed by atoms with Crippen molar-refractivity contribution in [3.8, 4) is 44.5 Å². The summed E-state index contributed by atoms with van der Waals surface area (Å²) in [4.78, 5) is 2.42. The summed E-state index contributed by atoms with van der Waals surface area (Å²) in [7, 11) is 0. The molecule has 10 aromatic rings. The Morgan fingerprint density at radius 1 is 0.333 bits per heavy atom. The first-order valence-electron chi connectivity index (χ1n) is 18.4. The van der Waals surface area contributed by atoms with Gasteiger partial charge in [0.25, 0.3) is 0 Å². The van der Waals surface area contributed by atoms with Gasteiger partial charge < -0.3 is 9.32 Å². The molecule has 54 heavy (non-hydrogen) atoms. The zero-order valence-electron chi connectivity index (χ0n) is 29.6. The second kappa shape index (κ2) is 13.4. The molecule has 0 amide bonds. The van der Waals surface area contributed by atoms with E-state index >= 15 is 0 Å². The molecule has 0 radical (unpaired) electrons. The van der Waals surface area contributed by atoms with Crippen molar-refractivity contribution in [2.45, 2.75) is 0 Å². The van der Waals surface area contributed by atoms with Crippen molar-refractivity contribution < 1.29 is 4.42 Å². The van der Waals surface area contributed by atoms with Gasteiger partial charge in [0.1, 0.15) is 11.2 Å². The Kier molecular flexibility index (Phi) is 7.85. The molecular weight excluding hydrogens is 655 g/mol. The highest BCUT2D eigenvalue weighted by Gasteiger charge is 2.24. The van der Waals surface area contributed by atoms with Crippen molar-refractivity contribution >= 4 is 49.8 Å². The number of rotatable bonds is 7. The third-order valence-corrected chi connectivity index (χ3v) is 10.5. The van der Waals surface area contributed by atoms with Crippen LogP contribution in [0.3, 0.4) is 0 Å². The molecule has 2 heteroatoms. The van der Waals surface area contributed by atoms with Gasteiger partial charge in [0.05, 0.1) is 16.8 Å². The molecule has 0 aliphatic heterocycles. The van der Waals surface area contributed by atoms with Crippen LogP contribution in [0.25, 0.3) is 77.2 Å². The number of furan rings is 1. The van der Waals surface area contributed by atoms with E-state index in [9.17, 15) is 0 Å². The highest BCUT2D eigenvalue weighted by Crippen LogP contribution is 2.49. The number of fused-ring (bicyclic) bond motifs is 4. The van der Waals surface area contributed by atoms with Gasteiger partial charge in [0.2, 0.25) is 0 Å². The average Bonchev–Trinajstić information content (AvgIpc) is 3.65. The van der Waals surface area contributed by atoms with E-state index in [2.05, 4.69) is 217 Å². The van der Waals surface area contributed by atoms with E-state index in [-0.39, 0.29) is 0 Å². The Labute approximate surface area is 314 Å². The number of anilines is 3. The van der Waals surface area contributed by atoms with E-state index in [0.717, 1.165) is 55.7 Å². The lowest BCUT2D eigenvalue weighted by atomic mass is 9.92. The van der Waals surface area contributed by atoms with Crippen LogP contribution in [0, 0.1) is 0 Å². The molecule has 0 fully saturated rings. The summed E-state index contributed by atoms with van der Waals surface area (Å²) in [5.41, 5.74) is 14.2. The lowest BCUT2D eigenvalue weighted by Gasteiger charge is -2.29. The van der Waals surface area contributed by atoms with Crippen molar-refractivity contribution in [1.29, 1.82) is 0 Å². The molecule has 0 unspecified atom stereocenters. The fourth-order valence-electron chi connectivity index (χ4n) is 7.91. The maximum absolute atomic E-state index is 6.85. The van der Waals surface area contributed by atoms with Gasteiger partial charge in [-0.15, -0.1) is 0 Å². The SMILES string of the molecule is c1ccc(-c2ccc(N(c3ccccc3-c3ccccc3-c3ccccc3)c3ccc(-c4ccc5ccccc5c4)c4oc5ccccc5c34)cc2)cc1. The Morgan fingerprint density at radius 3 is 1.72 bits per heavy atom. The van der Waals surface area contributed by atoms with Crippen LogP contribution in [0.5, 0.6) is 0 Å². The molecule has 1 aromatic heterocycles. The van der Waals surface area contributed by atoms with Crippen LogP contribution in [-0.2, 0) is 0 Å². The lowest BCUT2D eigenvalue weighted by Crippen LogP contribution is -2.12. The number of nitrogens with zero attached hydrogens (tertiary/aromatic N) is 1. The lowest BCUT2D eigenvalue weighted by molar-refractivity contribution is 0.670. The minimum atomic E-state index is 0.865. The third kappa shape index (κ3) is 5.53. The van der Waals surface area contributed by atoms with Crippen LogP contribution in [-0.4, -0.2) is 0 Å². The van der Waals surface area contributed by atoms with Crippen LogP contribution < -0.4 is 4.90 Å². The first-order valence-corrected chi connectivity index (χ1v) is 18.4. The van der Waals surface area contributed by atoms with Gasteiger partial charge in [0.15, 0.2) is 0 Å². The Morgan fingerprint density at radius 2 is 0.926 bits per heavy atom. The van der Waals surface area contributed by atoms with Crippen LogP contribution >= 0.6 is 0 Å². The first kappa shape index (κ1) is 31.6. The van der Waals surface area contributed by atoms with Crippen LogP contribution in [0.15, 0.2) is 217 Å². The number of benzene rings is 9. The first-order chi connectivity index (χ1) is 26.8. The van der Waals surface area contributed by atoms with Crippen molar-refractivity contribution in [3.63, 3.8) is 0 Å². The minimum Gasteiger partial charge on any atom is -0.455 e. The molecule has 0 N–H and O–H groups in total. The minimum absolute atomic E-state index is 0.865. The standard InChI is InChI=1S/C52H35NO/c1-3-15-36(16-4-1)38-29-31-42(32-30-38)53(48-25-13-11-23-46(48)45-22-10-9-21-43(45)39-18-5-2-6-19-39)49-34-33-44(41-28-27-37-17-7-8-20-40(37)35-41)52-51(49)47-24-12-14-26-50(47)54-52/h1-35H. The van der Waals surface area contributed by atoms with E-state index in [1.165, 1.54) is 38.6 Å². The molecule has 1 heterocycles. The van der Waals surface area contributed by atoms with Gasteiger partial charge in [-0.2, -0.15) is 0 Å². The van der Waals surface area contributed by atoms with Crippen molar-refractivity contribution in [2.75, 3.05) is 4.90 Å². The quantitative estimate of drug-likeness (QED) is 0.166. The molecule has 0 spiro atoms. The third-order valence-electron chi connectivity index (χ3n) is 10.5. The molecule has 2 nitrogen and oxygen atoms in total. The molecule has 10 rings (SSSR count). The van der Waals surface area contributed by atoms with E-state index in [0.29, 0.717) is 0 Å². The summed E-state index contributed by atoms with van der Waals surface area (Å²) in [5, 5.41) is 4.58. The summed E-state index contributed by atoms with van der Waals surface area (Å²) >= 11 is 0. The molecule has 9 aromatic carbocycles. The van der Waals surface area contributed by atoms with Gasteiger partial charge in [0, 0.05) is 22.2 Å². The van der Waals surface area contributed by atoms with Crippen molar-refractivity contribution in [2.24, 2.45) is 0 Å². The van der Waals surface area contributed by atoms with E-state index in [1.807, 2.05) is 0 Å². The van der Waals surface area contributed by atoms with Crippen molar-refractivity contribution in [1.82, 2.24) is 0 Å². The predicted octanol–water partition coefficient (Wildman–Crippen LogP) is 14.9. The summed E-state index contributed by atoms with van der Waals surface area (Å²) in [6.45, 7) is 0. The Balaban J connectivity index is 1.24. The zero-order chi connectivity index (χ0) is 35.8. The molecule has 0 aliphatic rings. The smallest absolute Gasteiger partial charge is 0.145 e. The van der Waals surface area contributed by atoms with Gasteiger partial charge >= 0.3 is 0 Å². The van der Waals surface area contributed by atoms with E-state index < -0.39 is 0 Å². The molecular formula is C52H35NO. The van der Waals surface area contributed by atoms with Gasteiger partial charge in [-0.1, -0.05) is 170 Å². The van der Waals surface area contributed by atoms with Crippen LogP contribution in [0.2, 0.25) is 0 Å². The largest absolute Gasteiger partial charge is 0.455 e. The molecule has 254 valence electrons. The summed E-state index contributed by atoms with van der Waals surface area (Å²) < 4.78 is 6.85. The highest BCUT2D eigenvalue weighted by atomic mass is 16.3. The molecule has 0 saturated carbocycles. The number of para-hydroxylation sites is 2. The topological polar surface area (TPSA) is 16.4 Å². The number of hydrogen-bond acceptors (Lipinski definition) is 2. The fourth-order valence-corrected chi connectivity index (χ4v) is 7.91. The Hall–Kier alpha value is -7.16. The maximum atomic E-state index is 6.85. The summed E-state index contributed by atoms with van der Waals surface area (Å²) in [6.07, 6.45) is 0. The second-order valence-corrected chi connectivity index (χ2v) is 13.7. The second-order valence-electron chi connectivity index (χ2n) is 13.7. The molecule has 0 saturated heterocycles. The highest BCUT2D eigenvalue weighted by molar-refractivity contribution is 6.17. The van der Waals surface area contributed by atoms with Crippen molar-refractivity contribution in [3.05, 3.63) is 212 Å². The molecule has 0 atom stereocenters. The van der Waals surface area contributed by atoms with E-state index in [1.54, 1.807) is 0 Å². The van der Waals surface area contributed by atoms with Crippen LogP contribution in [0.1, 0.15) is 0 Å². The van der Waals surface area contributed by atoms with Gasteiger partial charge in [-0.05, 0) is 86.6 Å². The van der Waals surface area contributed by atoms with E-state index in [4.69, 9.17) is 4.42 Å².